The van der Waals surface area contributed by atoms with Crippen LogP contribution in [0.15, 0.2) is 18.3 Å². The van der Waals surface area contributed by atoms with E-state index in [0.717, 1.165) is 37.3 Å². The van der Waals surface area contributed by atoms with Crippen LogP contribution in [-0.4, -0.2) is 18.1 Å². The van der Waals surface area contributed by atoms with Crippen molar-refractivity contribution in [2.24, 2.45) is 5.73 Å². The summed E-state index contributed by atoms with van der Waals surface area (Å²) in [6.07, 6.45) is 4.12. The quantitative estimate of drug-likeness (QED) is 0.777. The number of rotatable bonds is 6. The average molecular weight is 207 g/mol. The number of pyridine rings is 1. The largest absolute Gasteiger partial charge is 0.356 e. The number of nitrogens with zero attached hydrogens (tertiary/aromatic N) is 2. The standard InChI is InChI=1S/C12H21N3/c1-3-8-15(9-4-2)12-11(10-13)6-5-7-14-12/h5-7H,3-4,8-10,13H2,1-2H3. The van der Waals surface area contributed by atoms with Crippen LogP contribution in [0.4, 0.5) is 5.82 Å². The summed E-state index contributed by atoms with van der Waals surface area (Å²) in [4.78, 5) is 6.75. The molecule has 0 aliphatic heterocycles. The zero-order valence-electron chi connectivity index (χ0n) is 9.74. The van der Waals surface area contributed by atoms with E-state index in [2.05, 4.69) is 29.8 Å². The van der Waals surface area contributed by atoms with Gasteiger partial charge in [0.2, 0.25) is 0 Å². The zero-order valence-corrected chi connectivity index (χ0v) is 9.74. The summed E-state index contributed by atoms with van der Waals surface area (Å²) in [5, 5.41) is 0. The van der Waals surface area contributed by atoms with Crippen LogP contribution >= 0.6 is 0 Å². The molecule has 1 heterocycles. The van der Waals surface area contributed by atoms with E-state index in [1.165, 1.54) is 0 Å². The van der Waals surface area contributed by atoms with E-state index in [4.69, 9.17) is 5.73 Å². The normalized spacial score (nSPS) is 10.3. The molecule has 0 fully saturated rings. The highest BCUT2D eigenvalue weighted by Gasteiger charge is 2.09. The Labute approximate surface area is 92.3 Å². The van der Waals surface area contributed by atoms with Gasteiger partial charge in [0, 0.05) is 31.4 Å². The molecule has 84 valence electrons. The van der Waals surface area contributed by atoms with E-state index in [1.807, 2.05) is 12.3 Å². The first kappa shape index (κ1) is 12.0. The Bertz CT molecular complexity index is 280. The van der Waals surface area contributed by atoms with Gasteiger partial charge >= 0.3 is 0 Å². The van der Waals surface area contributed by atoms with Crippen LogP contribution in [0.2, 0.25) is 0 Å². The number of aromatic nitrogens is 1. The maximum absolute atomic E-state index is 5.71. The van der Waals surface area contributed by atoms with Crippen LogP contribution < -0.4 is 10.6 Å². The predicted octanol–water partition coefficient (Wildman–Crippen LogP) is 2.17. The van der Waals surface area contributed by atoms with Gasteiger partial charge in [-0.15, -0.1) is 0 Å². The summed E-state index contributed by atoms with van der Waals surface area (Å²) in [6, 6.07) is 4.00. The summed E-state index contributed by atoms with van der Waals surface area (Å²) in [6.45, 7) is 7.05. The lowest BCUT2D eigenvalue weighted by Crippen LogP contribution is -2.27. The summed E-state index contributed by atoms with van der Waals surface area (Å²) < 4.78 is 0. The summed E-state index contributed by atoms with van der Waals surface area (Å²) >= 11 is 0. The lowest BCUT2D eigenvalue weighted by Gasteiger charge is -2.24. The molecule has 15 heavy (non-hydrogen) atoms. The van der Waals surface area contributed by atoms with Crippen LogP contribution in [0.3, 0.4) is 0 Å². The Balaban J connectivity index is 2.88. The van der Waals surface area contributed by atoms with E-state index in [9.17, 15) is 0 Å². The van der Waals surface area contributed by atoms with Gasteiger partial charge in [0.25, 0.3) is 0 Å². The predicted molar refractivity (Wildman–Crippen MR) is 64.9 cm³/mol. The van der Waals surface area contributed by atoms with Crippen molar-refractivity contribution in [2.45, 2.75) is 33.2 Å². The Morgan fingerprint density at radius 2 is 1.93 bits per heavy atom. The third kappa shape index (κ3) is 3.20. The molecule has 0 aliphatic carbocycles. The van der Waals surface area contributed by atoms with Gasteiger partial charge in [-0.05, 0) is 18.9 Å². The molecule has 2 N–H and O–H groups in total. The molecule has 3 nitrogen and oxygen atoms in total. The van der Waals surface area contributed by atoms with Gasteiger partial charge in [-0.25, -0.2) is 4.98 Å². The first-order chi connectivity index (χ1) is 7.33. The van der Waals surface area contributed by atoms with Crippen molar-refractivity contribution in [3.63, 3.8) is 0 Å². The second-order valence-electron chi connectivity index (χ2n) is 3.68. The van der Waals surface area contributed by atoms with Crippen LogP contribution in [0.1, 0.15) is 32.3 Å². The minimum Gasteiger partial charge on any atom is -0.356 e. The van der Waals surface area contributed by atoms with Crippen molar-refractivity contribution in [3.8, 4) is 0 Å². The first-order valence-corrected chi connectivity index (χ1v) is 5.72. The number of anilines is 1. The van der Waals surface area contributed by atoms with Crippen LogP contribution in [-0.2, 0) is 6.54 Å². The molecule has 0 atom stereocenters. The SMILES string of the molecule is CCCN(CCC)c1ncccc1CN. The minimum absolute atomic E-state index is 0.563. The Morgan fingerprint density at radius 1 is 1.27 bits per heavy atom. The van der Waals surface area contributed by atoms with Gasteiger partial charge < -0.3 is 10.6 Å². The van der Waals surface area contributed by atoms with Crippen molar-refractivity contribution in [1.82, 2.24) is 4.98 Å². The van der Waals surface area contributed by atoms with E-state index >= 15 is 0 Å². The fourth-order valence-corrected chi connectivity index (χ4v) is 1.74. The maximum atomic E-state index is 5.71. The second kappa shape index (κ2) is 6.40. The molecule has 0 radical (unpaired) electrons. The third-order valence-electron chi connectivity index (χ3n) is 2.37. The fraction of sp³-hybridized carbons (Fsp3) is 0.583. The smallest absolute Gasteiger partial charge is 0.132 e. The molecule has 0 aliphatic rings. The molecule has 1 aromatic rings. The van der Waals surface area contributed by atoms with E-state index in [1.54, 1.807) is 0 Å². The number of hydrogen-bond donors (Lipinski definition) is 1. The monoisotopic (exact) mass is 207 g/mol. The Morgan fingerprint density at radius 3 is 2.47 bits per heavy atom. The molecule has 0 saturated carbocycles. The Hall–Kier alpha value is -1.09. The average Bonchev–Trinajstić information content (AvgIpc) is 2.29. The molecule has 0 aromatic carbocycles. The lowest BCUT2D eigenvalue weighted by molar-refractivity contribution is 0.728. The van der Waals surface area contributed by atoms with Crippen LogP contribution in [0, 0.1) is 0 Å². The number of nitrogens with two attached hydrogens (primary N) is 1. The fourth-order valence-electron chi connectivity index (χ4n) is 1.74. The summed E-state index contributed by atoms with van der Waals surface area (Å²) in [5.41, 5.74) is 6.85. The van der Waals surface area contributed by atoms with Crippen molar-refractivity contribution < 1.29 is 0 Å². The molecular weight excluding hydrogens is 186 g/mol. The third-order valence-corrected chi connectivity index (χ3v) is 2.37. The van der Waals surface area contributed by atoms with Gasteiger partial charge in [0.1, 0.15) is 5.82 Å². The van der Waals surface area contributed by atoms with Gasteiger partial charge in [-0.2, -0.15) is 0 Å². The van der Waals surface area contributed by atoms with Crippen molar-refractivity contribution in [3.05, 3.63) is 23.9 Å². The molecule has 0 amide bonds. The van der Waals surface area contributed by atoms with Gasteiger partial charge in [-0.3, -0.25) is 0 Å². The first-order valence-electron chi connectivity index (χ1n) is 5.72. The molecule has 0 unspecified atom stereocenters. The van der Waals surface area contributed by atoms with Crippen molar-refractivity contribution in [1.29, 1.82) is 0 Å². The van der Waals surface area contributed by atoms with Crippen LogP contribution in [0.5, 0.6) is 0 Å². The van der Waals surface area contributed by atoms with E-state index in [0.29, 0.717) is 6.54 Å². The molecule has 3 heteroatoms. The van der Waals surface area contributed by atoms with Gasteiger partial charge in [-0.1, -0.05) is 19.9 Å². The second-order valence-corrected chi connectivity index (χ2v) is 3.68. The molecule has 0 bridgehead atoms. The molecule has 1 rings (SSSR count). The molecule has 1 aromatic heterocycles. The highest BCUT2D eigenvalue weighted by atomic mass is 15.2. The summed E-state index contributed by atoms with van der Waals surface area (Å²) in [5.74, 6) is 1.06. The summed E-state index contributed by atoms with van der Waals surface area (Å²) in [7, 11) is 0. The number of hydrogen-bond acceptors (Lipinski definition) is 3. The highest BCUT2D eigenvalue weighted by molar-refractivity contribution is 5.46. The molecule has 0 saturated heterocycles. The van der Waals surface area contributed by atoms with Gasteiger partial charge in [0.05, 0.1) is 0 Å². The molecular formula is C12H21N3. The van der Waals surface area contributed by atoms with Crippen LogP contribution in [0.25, 0.3) is 0 Å². The molecule has 0 spiro atoms. The lowest BCUT2D eigenvalue weighted by atomic mass is 10.2. The van der Waals surface area contributed by atoms with E-state index < -0.39 is 0 Å². The van der Waals surface area contributed by atoms with E-state index in [-0.39, 0.29) is 0 Å². The zero-order chi connectivity index (χ0) is 11.1. The Kier molecular flexibility index (Phi) is 5.12. The minimum atomic E-state index is 0.563. The maximum Gasteiger partial charge on any atom is 0.132 e. The van der Waals surface area contributed by atoms with Crippen molar-refractivity contribution in [2.75, 3.05) is 18.0 Å². The van der Waals surface area contributed by atoms with Crippen molar-refractivity contribution >= 4 is 5.82 Å². The van der Waals surface area contributed by atoms with Gasteiger partial charge in [0.15, 0.2) is 0 Å². The highest BCUT2D eigenvalue weighted by Crippen LogP contribution is 2.17. The topological polar surface area (TPSA) is 42.2 Å².